The Hall–Kier alpha value is -2.78. The standard InChI is InChI=1S/C20H23N5O3S/c1-13-10-19-21-12-15-11-16(6-9-18(15)25(19)23-13)22-20(26)14-4-7-17(8-5-14)29(27,28)24(2)3/h4-5,7-8,10,12,16H,6,9,11H2,1-3H3,(H,22,26). The third-order valence-electron chi connectivity index (χ3n) is 5.22. The highest BCUT2D eigenvalue weighted by Crippen LogP contribution is 2.22. The smallest absolute Gasteiger partial charge is 0.251 e. The zero-order chi connectivity index (χ0) is 20.8. The number of hydrogen-bond donors (Lipinski definition) is 1. The molecule has 0 spiro atoms. The van der Waals surface area contributed by atoms with Gasteiger partial charge < -0.3 is 5.32 Å². The van der Waals surface area contributed by atoms with Crippen molar-refractivity contribution < 1.29 is 13.2 Å². The molecule has 9 heteroatoms. The number of sulfonamides is 1. The van der Waals surface area contributed by atoms with Gasteiger partial charge in [0.25, 0.3) is 5.91 Å². The van der Waals surface area contributed by atoms with E-state index in [1.54, 1.807) is 12.1 Å². The molecule has 1 unspecified atom stereocenters. The Balaban J connectivity index is 1.48. The normalized spacial score (nSPS) is 16.8. The van der Waals surface area contributed by atoms with Crippen LogP contribution in [-0.2, 0) is 22.9 Å². The lowest BCUT2D eigenvalue weighted by atomic mass is 9.92. The quantitative estimate of drug-likeness (QED) is 0.700. The van der Waals surface area contributed by atoms with Gasteiger partial charge in [0.05, 0.1) is 10.6 Å². The molecule has 2 heterocycles. The summed E-state index contributed by atoms with van der Waals surface area (Å²) in [7, 11) is -0.557. The molecule has 1 atom stereocenters. The minimum absolute atomic E-state index is 0.00362. The number of benzene rings is 1. The van der Waals surface area contributed by atoms with E-state index < -0.39 is 10.0 Å². The molecule has 0 fully saturated rings. The van der Waals surface area contributed by atoms with Crippen LogP contribution in [0, 0.1) is 6.92 Å². The molecule has 0 saturated carbocycles. The first-order chi connectivity index (χ1) is 13.8. The zero-order valence-electron chi connectivity index (χ0n) is 16.6. The summed E-state index contributed by atoms with van der Waals surface area (Å²) < 4.78 is 27.3. The summed E-state index contributed by atoms with van der Waals surface area (Å²) >= 11 is 0. The number of nitrogens with one attached hydrogen (secondary N) is 1. The Kier molecular flexibility index (Phi) is 4.87. The van der Waals surface area contributed by atoms with Crippen LogP contribution in [0.5, 0.6) is 0 Å². The van der Waals surface area contributed by atoms with Crippen LogP contribution in [0.25, 0.3) is 5.65 Å². The topological polar surface area (TPSA) is 96.7 Å². The fourth-order valence-corrected chi connectivity index (χ4v) is 4.53. The molecule has 3 aromatic rings. The van der Waals surface area contributed by atoms with E-state index in [2.05, 4.69) is 15.4 Å². The minimum atomic E-state index is -3.51. The fraction of sp³-hybridized carbons (Fsp3) is 0.350. The van der Waals surface area contributed by atoms with Gasteiger partial charge in [-0.25, -0.2) is 22.2 Å². The van der Waals surface area contributed by atoms with Gasteiger partial charge in [-0.05, 0) is 56.0 Å². The van der Waals surface area contributed by atoms with Crippen molar-refractivity contribution in [2.24, 2.45) is 0 Å². The lowest BCUT2D eigenvalue weighted by Crippen LogP contribution is -2.39. The van der Waals surface area contributed by atoms with Crippen LogP contribution in [0.15, 0.2) is 41.4 Å². The number of fused-ring (bicyclic) bond motifs is 3. The molecule has 0 radical (unpaired) electrons. The van der Waals surface area contributed by atoms with Crippen LogP contribution in [0.4, 0.5) is 0 Å². The lowest BCUT2D eigenvalue weighted by Gasteiger charge is -2.25. The second kappa shape index (κ2) is 7.23. The van der Waals surface area contributed by atoms with Crippen LogP contribution in [0.3, 0.4) is 0 Å². The predicted octanol–water partition coefficient (Wildman–Crippen LogP) is 1.58. The van der Waals surface area contributed by atoms with Crippen molar-refractivity contribution in [1.29, 1.82) is 0 Å². The van der Waals surface area contributed by atoms with Gasteiger partial charge in [-0.1, -0.05) is 0 Å². The second-order valence-electron chi connectivity index (χ2n) is 7.51. The van der Waals surface area contributed by atoms with Crippen LogP contribution in [0.1, 0.15) is 33.7 Å². The van der Waals surface area contributed by atoms with Gasteiger partial charge in [-0.3, -0.25) is 4.79 Å². The highest BCUT2D eigenvalue weighted by molar-refractivity contribution is 7.89. The van der Waals surface area contributed by atoms with E-state index in [4.69, 9.17) is 0 Å². The van der Waals surface area contributed by atoms with Gasteiger partial charge in [0, 0.05) is 43.7 Å². The van der Waals surface area contributed by atoms with Gasteiger partial charge in [0.2, 0.25) is 10.0 Å². The van der Waals surface area contributed by atoms with Crippen molar-refractivity contribution >= 4 is 21.6 Å². The van der Waals surface area contributed by atoms with Gasteiger partial charge in [0.1, 0.15) is 0 Å². The first kappa shape index (κ1) is 19.5. The SMILES string of the molecule is Cc1cc2ncc3c(n2n1)CCC(NC(=O)c1ccc(S(=O)(=O)N(C)C)cc1)C3. The lowest BCUT2D eigenvalue weighted by molar-refractivity contribution is 0.0933. The van der Waals surface area contributed by atoms with Crippen molar-refractivity contribution in [2.75, 3.05) is 14.1 Å². The molecule has 1 amide bonds. The summed E-state index contributed by atoms with van der Waals surface area (Å²) in [4.78, 5) is 17.3. The number of nitrogens with zero attached hydrogens (tertiary/aromatic N) is 4. The summed E-state index contributed by atoms with van der Waals surface area (Å²) in [6.07, 6.45) is 4.17. The Morgan fingerprint density at radius 3 is 2.66 bits per heavy atom. The summed E-state index contributed by atoms with van der Waals surface area (Å²) in [5.41, 5.74) is 4.44. The summed E-state index contributed by atoms with van der Waals surface area (Å²) in [5, 5.41) is 7.57. The van der Waals surface area contributed by atoms with Crippen molar-refractivity contribution in [2.45, 2.75) is 37.1 Å². The summed E-state index contributed by atoms with van der Waals surface area (Å²) in [6.45, 7) is 1.95. The zero-order valence-corrected chi connectivity index (χ0v) is 17.4. The molecule has 152 valence electrons. The molecule has 2 aromatic heterocycles. The maximum absolute atomic E-state index is 12.6. The Labute approximate surface area is 169 Å². The molecule has 1 aliphatic carbocycles. The minimum Gasteiger partial charge on any atom is -0.349 e. The van der Waals surface area contributed by atoms with Crippen molar-refractivity contribution in [3.8, 4) is 0 Å². The fourth-order valence-electron chi connectivity index (χ4n) is 3.63. The highest BCUT2D eigenvalue weighted by atomic mass is 32.2. The monoisotopic (exact) mass is 413 g/mol. The maximum atomic E-state index is 12.6. The number of aromatic nitrogens is 3. The van der Waals surface area contributed by atoms with Gasteiger partial charge in [-0.2, -0.15) is 5.10 Å². The molecule has 4 rings (SSSR count). The Morgan fingerprint density at radius 1 is 1.24 bits per heavy atom. The molecule has 8 nitrogen and oxygen atoms in total. The average Bonchev–Trinajstić information content (AvgIpc) is 3.08. The number of rotatable bonds is 4. The molecule has 1 aromatic carbocycles. The molecule has 0 aliphatic heterocycles. The largest absolute Gasteiger partial charge is 0.349 e. The van der Waals surface area contributed by atoms with E-state index in [1.807, 2.05) is 23.7 Å². The molecular weight excluding hydrogens is 390 g/mol. The Morgan fingerprint density at radius 2 is 1.97 bits per heavy atom. The summed E-state index contributed by atoms with van der Waals surface area (Å²) in [5.74, 6) is -0.212. The van der Waals surface area contributed by atoms with Crippen molar-refractivity contribution in [3.63, 3.8) is 0 Å². The Bertz CT molecular complexity index is 1180. The number of aryl methyl sites for hydroxylation is 2. The van der Waals surface area contributed by atoms with E-state index in [0.717, 1.165) is 39.7 Å². The van der Waals surface area contributed by atoms with Crippen LogP contribution < -0.4 is 5.32 Å². The van der Waals surface area contributed by atoms with E-state index >= 15 is 0 Å². The second-order valence-corrected chi connectivity index (χ2v) is 9.66. The van der Waals surface area contributed by atoms with E-state index in [9.17, 15) is 13.2 Å². The van der Waals surface area contributed by atoms with Crippen LogP contribution >= 0.6 is 0 Å². The number of amides is 1. The van der Waals surface area contributed by atoms with Crippen molar-refractivity contribution in [3.05, 3.63) is 59.0 Å². The predicted molar refractivity (Wildman–Crippen MR) is 108 cm³/mol. The van der Waals surface area contributed by atoms with Crippen LogP contribution in [-0.4, -0.2) is 53.4 Å². The maximum Gasteiger partial charge on any atom is 0.251 e. The molecular formula is C20H23N5O3S. The van der Waals surface area contributed by atoms with E-state index in [-0.39, 0.29) is 16.8 Å². The number of carbonyl (C=O) groups is 1. The van der Waals surface area contributed by atoms with Gasteiger partial charge in [0.15, 0.2) is 5.65 Å². The molecule has 0 bridgehead atoms. The average molecular weight is 414 g/mol. The third-order valence-corrected chi connectivity index (χ3v) is 7.05. The third kappa shape index (κ3) is 3.63. The molecule has 1 N–H and O–H groups in total. The van der Waals surface area contributed by atoms with E-state index in [1.165, 1.54) is 26.2 Å². The van der Waals surface area contributed by atoms with Crippen molar-refractivity contribution in [1.82, 2.24) is 24.2 Å². The van der Waals surface area contributed by atoms with Gasteiger partial charge >= 0.3 is 0 Å². The molecule has 1 aliphatic rings. The number of hydrogen-bond acceptors (Lipinski definition) is 5. The highest BCUT2D eigenvalue weighted by Gasteiger charge is 2.24. The molecule has 0 saturated heterocycles. The first-order valence-electron chi connectivity index (χ1n) is 9.42. The van der Waals surface area contributed by atoms with E-state index in [0.29, 0.717) is 12.0 Å². The molecule has 29 heavy (non-hydrogen) atoms. The summed E-state index contributed by atoms with van der Waals surface area (Å²) in [6, 6.07) is 7.95. The number of carbonyl (C=O) groups excluding carboxylic acids is 1. The van der Waals surface area contributed by atoms with Crippen LogP contribution in [0.2, 0.25) is 0 Å². The first-order valence-corrected chi connectivity index (χ1v) is 10.9. The van der Waals surface area contributed by atoms with Gasteiger partial charge in [-0.15, -0.1) is 0 Å².